The second kappa shape index (κ2) is 11.3. The largest absolute Gasteiger partial charge is 0.336 e. The van der Waals surface area contributed by atoms with Crippen LogP contribution in [0.1, 0.15) is 75.3 Å². The van der Waals surface area contributed by atoms with Gasteiger partial charge in [-0.05, 0) is 44.7 Å². The van der Waals surface area contributed by atoms with E-state index in [1.165, 1.54) is 30.0 Å². The molecule has 0 aromatic carbocycles. The zero-order chi connectivity index (χ0) is 25.9. The van der Waals surface area contributed by atoms with Crippen molar-refractivity contribution in [3.63, 3.8) is 0 Å². The average molecular weight is 518 g/mol. The van der Waals surface area contributed by atoms with Crippen LogP contribution in [-0.4, -0.2) is 77.3 Å². The predicted molar refractivity (Wildman–Crippen MR) is 141 cm³/mol. The quantitative estimate of drug-likeness (QED) is 0.509. The number of piperazine rings is 1. The van der Waals surface area contributed by atoms with Crippen molar-refractivity contribution in [1.29, 1.82) is 0 Å². The second-order valence-electron chi connectivity index (χ2n) is 9.80. The fourth-order valence-electron chi connectivity index (χ4n) is 5.47. The molecule has 4 rings (SSSR count). The summed E-state index contributed by atoms with van der Waals surface area (Å²) >= 11 is 0. The topological polar surface area (TPSA) is 95.3 Å². The van der Waals surface area contributed by atoms with Gasteiger partial charge in [0.2, 0.25) is 15.9 Å². The van der Waals surface area contributed by atoms with Crippen LogP contribution in [0, 0.1) is 5.92 Å². The van der Waals surface area contributed by atoms with Gasteiger partial charge < -0.3 is 4.90 Å². The summed E-state index contributed by atoms with van der Waals surface area (Å²) in [6, 6.07) is 3.59. The van der Waals surface area contributed by atoms with E-state index in [2.05, 4.69) is 0 Å². The van der Waals surface area contributed by atoms with Crippen LogP contribution in [0.15, 0.2) is 18.3 Å². The molecule has 2 aromatic heterocycles. The second-order valence-corrected chi connectivity index (χ2v) is 12.1. The summed E-state index contributed by atoms with van der Waals surface area (Å²) in [6.45, 7) is 7.49. The number of hydrogen-bond donors (Lipinski definition) is 0. The van der Waals surface area contributed by atoms with Gasteiger partial charge in [-0.15, -0.1) is 0 Å². The molecule has 1 aliphatic heterocycles. The molecule has 0 unspecified atom stereocenters. The minimum Gasteiger partial charge on any atom is -0.336 e. The van der Waals surface area contributed by atoms with Gasteiger partial charge in [-0.1, -0.05) is 32.6 Å². The minimum absolute atomic E-state index is 0.0636. The maximum Gasteiger partial charge on any atom is 0.255 e. The number of anilines is 1. The van der Waals surface area contributed by atoms with Crippen molar-refractivity contribution in [2.75, 3.05) is 43.4 Å². The Morgan fingerprint density at radius 3 is 2.36 bits per heavy atom. The Bertz CT molecular complexity index is 1190. The number of carbonyl (C=O) groups is 2. The summed E-state index contributed by atoms with van der Waals surface area (Å²) in [7, 11) is -3.26. The van der Waals surface area contributed by atoms with E-state index in [4.69, 9.17) is 4.98 Å². The van der Waals surface area contributed by atoms with Gasteiger partial charge in [-0.25, -0.2) is 13.4 Å². The molecule has 0 N–H and O–H groups in total. The number of nitrogens with zero attached hydrogens (tertiary/aromatic N) is 5. The first-order valence-electron chi connectivity index (χ1n) is 13.4. The number of aryl methyl sites for hydroxylation is 1. The molecule has 0 radical (unpaired) electrons. The highest BCUT2D eigenvalue weighted by molar-refractivity contribution is 7.89. The molecule has 198 valence electrons. The molecule has 3 heterocycles. The molecule has 0 atom stereocenters. The molecule has 1 aliphatic carbocycles. The summed E-state index contributed by atoms with van der Waals surface area (Å²) < 4.78 is 27.7. The van der Waals surface area contributed by atoms with Crippen LogP contribution >= 0.6 is 0 Å². The Balaban J connectivity index is 1.55. The van der Waals surface area contributed by atoms with E-state index >= 15 is 0 Å². The Kier molecular flexibility index (Phi) is 8.34. The Morgan fingerprint density at radius 2 is 1.75 bits per heavy atom. The molecule has 0 bridgehead atoms. The fourth-order valence-corrected chi connectivity index (χ4v) is 6.56. The third-order valence-electron chi connectivity index (χ3n) is 7.64. The lowest BCUT2D eigenvalue weighted by atomic mass is 10.0. The van der Waals surface area contributed by atoms with E-state index in [9.17, 15) is 18.0 Å². The molecular formula is C26H39N5O4S. The van der Waals surface area contributed by atoms with Crippen LogP contribution in [-0.2, 0) is 21.2 Å². The van der Waals surface area contributed by atoms with Crippen LogP contribution in [0.2, 0.25) is 0 Å². The number of pyridine rings is 1. The van der Waals surface area contributed by atoms with Gasteiger partial charge in [0.25, 0.3) is 5.91 Å². The highest BCUT2D eigenvalue weighted by atomic mass is 32.2. The van der Waals surface area contributed by atoms with Crippen molar-refractivity contribution in [1.82, 2.24) is 18.6 Å². The average Bonchev–Trinajstić information content (AvgIpc) is 3.55. The monoisotopic (exact) mass is 517 g/mol. The lowest BCUT2D eigenvalue weighted by Crippen LogP contribution is -2.50. The van der Waals surface area contributed by atoms with Crippen LogP contribution in [0.3, 0.4) is 0 Å². The van der Waals surface area contributed by atoms with E-state index in [1.54, 1.807) is 24.1 Å². The molecule has 0 spiro atoms. The van der Waals surface area contributed by atoms with Gasteiger partial charge in [0.05, 0.1) is 17.0 Å². The molecule has 10 heteroatoms. The number of aromatic nitrogens is 2. The van der Waals surface area contributed by atoms with Crippen molar-refractivity contribution in [3.8, 4) is 0 Å². The Labute approximate surface area is 214 Å². The SMILES string of the molecule is CCc1nc2ccc(C(=O)N3CCN(S(=O)(=O)CC)CC3)cn2c1N(CC)C(=O)CCC1CCCC1. The van der Waals surface area contributed by atoms with Crippen LogP contribution in [0.4, 0.5) is 5.82 Å². The summed E-state index contributed by atoms with van der Waals surface area (Å²) in [6.07, 6.45) is 8.89. The smallest absolute Gasteiger partial charge is 0.255 e. The molecule has 9 nitrogen and oxygen atoms in total. The summed E-state index contributed by atoms with van der Waals surface area (Å²) in [4.78, 5) is 34.9. The highest BCUT2D eigenvalue weighted by Crippen LogP contribution is 2.30. The Morgan fingerprint density at radius 1 is 1.06 bits per heavy atom. The number of fused-ring (bicyclic) bond motifs is 1. The Hall–Kier alpha value is -2.46. The standard InChI is InChI=1S/C26H39N5O4S/c1-4-22-25(30(5-2)24(32)14-11-20-9-7-8-10-20)31-19-21(12-13-23(31)27-22)26(33)28-15-17-29(18-16-28)36(34,35)6-3/h12-13,19-20H,4-11,14-18H2,1-3H3. The molecule has 1 saturated carbocycles. The summed E-state index contributed by atoms with van der Waals surface area (Å²) in [5.41, 5.74) is 2.05. The third kappa shape index (κ3) is 5.44. The number of imidazole rings is 1. The molecule has 2 fully saturated rings. The zero-order valence-electron chi connectivity index (χ0n) is 21.8. The zero-order valence-corrected chi connectivity index (χ0v) is 22.6. The van der Waals surface area contributed by atoms with Crippen LogP contribution in [0.5, 0.6) is 0 Å². The molecule has 2 aromatic rings. The molecule has 36 heavy (non-hydrogen) atoms. The number of hydrogen-bond acceptors (Lipinski definition) is 5. The highest BCUT2D eigenvalue weighted by Gasteiger charge is 2.29. The van der Waals surface area contributed by atoms with Gasteiger partial charge in [0.1, 0.15) is 11.5 Å². The lowest BCUT2D eigenvalue weighted by molar-refractivity contribution is -0.118. The lowest BCUT2D eigenvalue weighted by Gasteiger charge is -2.33. The third-order valence-corrected chi connectivity index (χ3v) is 9.52. The first-order chi connectivity index (χ1) is 17.3. The van der Waals surface area contributed by atoms with Gasteiger partial charge >= 0.3 is 0 Å². The molecule has 2 amide bonds. The number of carbonyl (C=O) groups excluding carboxylic acids is 2. The minimum atomic E-state index is -3.26. The fraction of sp³-hybridized carbons (Fsp3) is 0.654. The first kappa shape index (κ1) is 26.6. The molecule has 1 saturated heterocycles. The predicted octanol–water partition coefficient (Wildman–Crippen LogP) is 3.33. The van der Waals surface area contributed by atoms with Crippen molar-refractivity contribution in [2.45, 2.75) is 65.7 Å². The van der Waals surface area contributed by atoms with E-state index in [1.807, 2.05) is 29.2 Å². The van der Waals surface area contributed by atoms with E-state index < -0.39 is 10.0 Å². The van der Waals surface area contributed by atoms with Gasteiger partial charge in [0.15, 0.2) is 0 Å². The van der Waals surface area contributed by atoms with Crippen molar-refractivity contribution < 1.29 is 18.0 Å². The van der Waals surface area contributed by atoms with Gasteiger partial charge in [-0.3, -0.25) is 18.9 Å². The van der Waals surface area contributed by atoms with E-state index in [0.29, 0.717) is 62.7 Å². The van der Waals surface area contributed by atoms with Gasteiger partial charge in [-0.2, -0.15) is 4.31 Å². The van der Waals surface area contributed by atoms with Crippen molar-refractivity contribution in [2.24, 2.45) is 5.92 Å². The maximum atomic E-state index is 13.3. The van der Waals surface area contributed by atoms with Gasteiger partial charge in [0, 0.05) is 45.3 Å². The number of rotatable bonds is 9. The summed E-state index contributed by atoms with van der Waals surface area (Å²) in [5.74, 6) is 1.43. The summed E-state index contributed by atoms with van der Waals surface area (Å²) in [5, 5.41) is 0. The molecular weight excluding hydrogens is 478 g/mol. The number of amides is 2. The van der Waals surface area contributed by atoms with E-state index in [-0.39, 0.29) is 17.6 Å². The normalized spacial score (nSPS) is 17.7. The van der Waals surface area contributed by atoms with Crippen LogP contribution in [0.25, 0.3) is 5.65 Å². The van der Waals surface area contributed by atoms with Crippen LogP contribution < -0.4 is 4.90 Å². The molecule has 2 aliphatic rings. The van der Waals surface area contributed by atoms with E-state index in [0.717, 1.165) is 17.9 Å². The van der Waals surface area contributed by atoms with Crippen molar-refractivity contribution in [3.05, 3.63) is 29.6 Å². The number of sulfonamides is 1. The maximum absolute atomic E-state index is 13.3. The first-order valence-corrected chi connectivity index (χ1v) is 15.0. The van der Waals surface area contributed by atoms with Crippen molar-refractivity contribution >= 4 is 33.3 Å².